The zero-order valence-corrected chi connectivity index (χ0v) is 6.87. The van der Waals surface area contributed by atoms with E-state index in [1.54, 1.807) is 6.07 Å². The summed E-state index contributed by atoms with van der Waals surface area (Å²) in [5, 5.41) is 0. The van der Waals surface area contributed by atoms with Crippen LogP contribution in [0, 0.1) is 13.2 Å². The molecule has 1 aromatic heterocycles. The molecule has 12 heavy (non-hydrogen) atoms. The first kappa shape index (κ1) is 7.17. The quantitative estimate of drug-likeness (QED) is 0.620. The lowest BCUT2D eigenvalue weighted by molar-refractivity contribution is 0.573. The molecule has 1 heteroatoms. The van der Waals surface area contributed by atoms with Crippen molar-refractivity contribution in [2.75, 3.05) is 0 Å². The van der Waals surface area contributed by atoms with E-state index in [9.17, 15) is 0 Å². The van der Waals surface area contributed by atoms with Gasteiger partial charge in [0.2, 0.25) is 0 Å². The van der Waals surface area contributed by atoms with Crippen LogP contribution in [-0.2, 0) is 0 Å². The predicted molar refractivity (Wildman–Crippen MR) is 47.7 cm³/mol. The van der Waals surface area contributed by atoms with Crippen molar-refractivity contribution in [3.63, 3.8) is 0 Å². The fraction of sp³-hybridized carbons (Fsp3) is 0.0909. The number of hydrogen-bond acceptors (Lipinski definition) is 1. The Hall–Kier alpha value is -1.50. The fourth-order valence-corrected chi connectivity index (χ4v) is 1.11. The highest BCUT2D eigenvalue weighted by molar-refractivity contribution is 5.57. The highest BCUT2D eigenvalue weighted by Crippen LogP contribution is 2.19. The normalized spacial score (nSPS) is 10.1. The Balaban J connectivity index is 2.43. The molecular weight excluding hydrogens is 148 g/mol. The maximum Gasteiger partial charge on any atom is 0.170 e. The van der Waals surface area contributed by atoms with Gasteiger partial charge in [0.05, 0.1) is 0 Å². The lowest BCUT2D eigenvalue weighted by atomic mass is 10.1. The number of hydrogen-bond donors (Lipinski definition) is 0. The van der Waals surface area contributed by atoms with E-state index in [1.165, 1.54) is 5.56 Å². The van der Waals surface area contributed by atoms with Gasteiger partial charge in [-0.15, -0.1) is 0 Å². The minimum Gasteiger partial charge on any atom is -0.453 e. The zero-order valence-electron chi connectivity index (χ0n) is 6.87. The topological polar surface area (TPSA) is 13.1 Å². The molecular formula is C11H9O. The number of aryl methyl sites for hydroxylation is 1. The summed E-state index contributed by atoms with van der Waals surface area (Å²) in [6, 6.07) is 11.9. The standard InChI is InChI=1S/C11H9O/c1-9-4-6-10(7-5-9)11-3-2-8-12-11/h2-7H,1H3. The van der Waals surface area contributed by atoms with E-state index in [0.29, 0.717) is 0 Å². The molecule has 0 N–H and O–H groups in total. The van der Waals surface area contributed by atoms with Gasteiger partial charge < -0.3 is 4.42 Å². The Morgan fingerprint density at radius 1 is 1.08 bits per heavy atom. The minimum atomic E-state index is 0.870. The van der Waals surface area contributed by atoms with Gasteiger partial charge in [0.15, 0.2) is 6.26 Å². The molecule has 0 fully saturated rings. The van der Waals surface area contributed by atoms with E-state index in [2.05, 4.69) is 25.3 Å². The molecule has 0 aliphatic carbocycles. The molecule has 1 radical (unpaired) electrons. The van der Waals surface area contributed by atoms with Crippen LogP contribution in [0.5, 0.6) is 0 Å². The van der Waals surface area contributed by atoms with Gasteiger partial charge in [-0.1, -0.05) is 29.8 Å². The Morgan fingerprint density at radius 2 is 1.83 bits per heavy atom. The highest BCUT2D eigenvalue weighted by Gasteiger charge is 1.97. The van der Waals surface area contributed by atoms with E-state index >= 15 is 0 Å². The lowest BCUT2D eigenvalue weighted by Gasteiger charge is -1.95. The van der Waals surface area contributed by atoms with Crippen LogP contribution in [0.2, 0.25) is 0 Å². The SMILES string of the molecule is Cc1ccc(-c2cc[c]o2)cc1. The zero-order chi connectivity index (χ0) is 8.39. The minimum absolute atomic E-state index is 0.870. The third-order valence-electron chi connectivity index (χ3n) is 1.81. The lowest BCUT2D eigenvalue weighted by Crippen LogP contribution is -1.73. The smallest absolute Gasteiger partial charge is 0.170 e. The van der Waals surface area contributed by atoms with E-state index in [-0.39, 0.29) is 0 Å². The number of benzene rings is 1. The summed E-state index contributed by atoms with van der Waals surface area (Å²) < 4.78 is 5.13. The van der Waals surface area contributed by atoms with Crippen LogP contribution in [0.25, 0.3) is 11.3 Å². The van der Waals surface area contributed by atoms with Crippen molar-refractivity contribution in [1.29, 1.82) is 0 Å². The molecule has 0 spiro atoms. The summed E-state index contributed by atoms with van der Waals surface area (Å²) in [5.74, 6) is 0.870. The van der Waals surface area contributed by atoms with Crippen LogP contribution in [0.4, 0.5) is 0 Å². The summed E-state index contributed by atoms with van der Waals surface area (Å²) >= 11 is 0. The Labute approximate surface area is 71.6 Å². The second-order valence-electron chi connectivity index (χ2n) is 2.78. The molecule has 1 aromatic carbocycles. The van der Waals surface area contributed by atoms with Crippen molar-refractivity contribution in [2.45, 2.75) is 6.92 Å². The molecule has 0 unspecified atom stereocenters. The molecule has 1 heterocycles. The molecule has 0 saturated heterocycles. The van der Waals surface area contributed by atoms with Gasteiger partial charge in [-0.3, -0.25) is 0 Å². The number of rotatable bonds is 1. The van der Waals surface area contributed by atoms with Gasteiger partial charge in [0, 0.05) is 5.56 Å². The van der Waals surface area contributed by atoms with Crippen LogP contribution in [0.1, 0.15) is 5.56 Å². The second kappa shape index (κ2) is 2.86. The summed E-state index contributed by atoms with van der Waals surface area (Å²) in [4.78, 5) is 0. The Morgan fingerprint density at radius 3 is 2.42 bits per heavy atom. The molecule has 0 amide bonds. The van der Waals surface area contributed by atoms with E-state index < -0.39 is 0 Å². The maximum atomic E-state index is 5.13. The largest absolute Gasteiger partial charge is 0.453 e. The van der Waals surface area contributed by atoms with Crippen LogP contribution in [0.15, 0.2) is 40.8 Å². The average molecular weight is 157 g/mol. The monoisotopic (exact) mass is 157 g/mol. The molecule has 0 saturated carbocycles. The molecule has 1 nitrogen and oxygen atoms in total. The highest BCUT2D eigenvalue weighted by atomic mass is 16.3. The summed E-state index contributed by atoms with van der Waals surface area (Å²) in [6.07, 6.45) is 2.67. The molecule has 2 rings (SSSR count). The molecule has 59 valence electrons. The van der Waals surface area contributed by atoms with Crippen molar-refractivity contribution < 1.29 is 4.42 Å². The van der Waals surface area contributed by atoms with Crippen LogP contribution < -0.4 is 0 Å². The van der Waals surface area contributed by atoms with Gasteiger partial charge in [-0.2, -0.15) is 0 Å². The van der Waals surface area contributed by atoms with Gasteiger partial charge in [-0.25, -0.2) is 0 Å². The van der Waals surface area contributed by atoms with Crippen LogP contribution in [-0.4, -0.2) is 0 Å². The maximum absolute atomic E-state index is 5.13. The van der Waals surface area contributed by atoms with Gasteiger partial charge >= 0.3 is 0 Å². The third-order valence-corrected chi connectivity index (χ3v) is 1.81. The van der Waals surface area contributed by atoms with Gasteiger partial charge in [-0.05, 0) is 19.1 Å². The van der Waals surface area contributed by atoms with Crippen LogP contribution in [0.3, 0.4) is 0 Å². The van der Waals surface area contributed by atoms with Crippen molar-refractivity contribution in [3.8, 4) is 11.3 Å². The van der Waals surface area contributed by atoms with E-state index in [1.807, 2.05) is 18.2 Å². The first-order valence-electron chi connectivity index (χ1n) is 3.89. The molecule has 0 bridgehead atoms. The van der Waals surface area contributed by atoms with Gasteiger partial charge in [0.1, 0.15) is 5.76 Å². The van der Waals surface area contributed by atoms with Crippen molar-refractivity contribution >= 4 is 0 Å². The fourth-order valence-electron chi connectivity index (χ4n) is 1.11. The molecule has 0 atom stereocenters. The summed E-state index contributed by atoms with van der Waals surface area (Å²) in [5.41, 5.74) is 2.36. The molecule has 0 aliphatic heterocycles. The average Bonchev–Trinajstić information content (AvgIpc) is 2.58. The second-order valence-corrected chi connectivity index (χ2v) is 2.78. The van der Waals surface area contributed by atoms with Crippen molar-refractivity contribution in [3.05, 3.63) is 48.2 Å². The first-order valence-corrected chi connectivity index (χ1v) is 3.89. The summed E-state index contributed by atoms with van der Waals surface area (Å²) in [7, 11) is 0. The molecule has 0 aliphatic rings. The van der Waals surface area contributed by atoms with E-state index in [4.69, 9.17) is 4.42 Å². The van der Waals surface area contributed by atoms with Crippen molar-refractivity contribution in [2.24, 2.45) is 0 Å². The first-order chi connectivity index (χ1) is 5.86. The third kappa shape index (κ3) is 1.26. The Bertz CT molecular complexity index is 343. The van der Waals surface area contributed by atoms with Crippen LogP contribution >= 0.6 is 0 Å². The predicted octanol–water partition coefficient (Wildman–Crippen LogP) is 3.06. The van der Waals surface area contributed by atoms with E-state index in [0.717, 1.165) is 11.3 Å². The Kier molecular flexibility index (Phi) is 1.71. The van der Waals surface area contributed by atoms with Crippen molar-refractivity contribution in [1.82, 2.24) is 0 Å². The number of furan rings is 1. The summed E-state index contributed by atoms with van der Waals surface area (Å²) in [6.45, 7) is 2.07. The molecule has 2 aromatic rings. The van der Waals surface area contributed by atoms with Gasteiger partial charge in [0.25, 0.3) is 0 Å².